The normalized spacial score (nSPS) is 43.7. The topological polar surface area (TPSA) is 35.2 Å². The molecule has 3 aliphatic rings. The van der Waals surface area contributed by atoms with Crippen molar-refractivity contribution in [3.8, 4) is 0 Å². The minimum atomic E-state index is 0.374. The van der Waals surface area contributed by atoms with Gasteiger partial charge in [0, 0.05) is 11.5 Å². The molecule has 4 atom stereocenters. The largest absolute Gasteiger partial charge is 0.374 e. The molecule has 2 heteroatoms. The van der Waals surface area contributed by atoms with Crippen LogP contribution in [0.5, 0.6) is 0 Å². The average Bonchev–Trinajstić information content (AvgIpc) is 2.39. The molecule has 0 radical (unpaired) electrons. The van der Waals surface area contributed by atoms with Gasteiger partial charge in [0.05, 0.1) is 12.2 Å². The van der Waals surface area contributed by atoms with Crippen LogP contribution in [0.15, 0.2) is 0 Å². The third-order valence-corrected chi connectivity index (χ3v) is 5.88. The van der Waals surface area contributed by atoms with Crippen LogP contribution in [0, 0.1) is 11.3 Å². The van der Waals surface area contributed by atoms with E-state index in [1.807, 2.05) is 0 Å². The molecule has 2 N–H and O–H groups in total. The predicted octanol–water partition coefficient (Wildman–Crippen LogP) is 3.63. The van der Waals surface area contributed by atoms with Crippen molar-refractivity contribution in [2.75, 3.05) is 0 Å². The minimum absolute atomic E-state index is 0.374. The van der Waals surface area contributed by atoms with E-state index in [4.69, 9.17) is 10.5 Å². The molecule has 3 saturated carbocycles. The van der Waals surface area contributed by atoms with E-state index in [2.05, 4.69) is 6.92 Å². The zero-order valence-electron chi connectivity index (χ0n) is 11.9. The average molecular weight is 251 g/mol. The molecule has 3 rings (SSSR count). The molecule has 104 valence electrons. The van der Waals surface area contributed by atoms with Crippen molar-refractivity contribution in [1.82, 2.24) is 0 Å². The number of hydrogen-bond donors (Lipinski definition) is 1. The molecule has 0 heterocycles. The lowest BCUT2D eigenvalue weighted by Crippen LogP contribution is -2.63. The number of nitrogens with two attached hydrogens (primary N) is 1. The second-order valence-corrected chi connectivity index (χ2v) is 7.15. The summed E-state index contributed by atoms with van der Waals surface area (Å²) in [5.74, 6) is 0.861. The highest BCUT2D eigenvalue weighted by atomic mass is 16.5. The molecule has 4 unspecified atom stereocenters. The van der Waals surface area contributed by atoms with Gasteiger partial charge >= 0.3 is 0 Å². The van der Waals surface area contributed by atoms with Crippen molar-refractivity contribution < 1.29 is 4.74 Å². The monoisotopic (exact) mass is 251 g/mol. The van der Waals surface area contributed by atoms with Crippen LogP contribution < -0.4 is 5.73 Å². The SMILES string of the molecule is CC1CCCC(OC2CC(N)C23CCCCC3)C1. The van der Waals surface area contributed by atoms with Gasteiger partial charge in [-0.15, -0.1) is 0 Å². The molecule has 0 aromatic rings. The molecule has 0 amide bonds. The fourth-order valence-corrected chi connectivity index (χ4v) is 4.61. The Bertz CT molecular complexity index is 285. The van der Waals surface area contributed by atoms with Crippen LogP contribution >= 0.6 is 0 Å². The van der Waals surface area contributed by atoms with E-state index in [1.54, 1.807) is 0 Å². The molecule has 0 aromatic carbocycles. The number of ether oxygens (including phenoxy) is 1. The summed E-state index contributed by atoms with van der Waals surface area (Å²) < 4.78 is 6.48. The maximum absolute atomic E-state index is 6.48. The Morgan fingerprint density at radius 1 is 1.00 bits per heavy atom. The highest BCUT2D eigenvalue weighted by Crippen LogP contribution is 2.53. The molecule has 0 bridgehead atoms. The molecule has 0 aliphatic heterocycles. The molecule has 0 aromatic heterocycles. The fraction of sp³-hybridized carbons (Fsp3) is 1.00. The third kappa shape index (κ3) is 2.22. The van der Waals surface area contributed by atoms with Gasteiger partial charge in [0.15, 0.2) is 0 Å². The fourth-order valence-electron chi connectivity index (χ4n) is 4.61. The van der Waals surface area contributed by atoms with Crippen molar-refractivity contribution in [2.24, 2.45) is 17.1 Å². The van der Waals surface area contributed by atoms with E-state index in [-0.39, 0.29) is 0 Å². The van der Waals surface area contributed by atoms with Crippen LogP contribution in [0.3, 0.4) is 0 Å². The predicted molar refractivity (Wildman–Crippen MR) is 74.4 cm³/mol. The zero-order chi connectivity index (χ0) is 12.6. The Morgan fingerprint density at radius 2 is 1.78 bits per heavy atom. The highest BCUT2D eigenvalue weighted by Gasteiger charge is 2.54. The quantitative estimate of drug-likeness (QED) is 0.813. The van der Waals surface area contributed by atoms with E-state index in [1.165, 1.54) is 57.8 Å². The maximum Gasteiger partial charge on any atom is 0.0664 e. The first-order valence-corrected chi connectivity index (χ1v) is 8.12. The summed E-state index contributed by atoms with van der Waals surface area (Å²) >= 11 is 0. The Labute approximate surface area is 112 Å². The van der Waals surface area contributed by atoms with E-state index >= 15 is 0 Å². The third-order valence-electron chi connectivity index (χ3n) is 5.88. The van der Waals surface area contributed by atoms with Crippen molar-refractivity contribution in [3.05, 3.63) is 0 Å². The molecular weight excluding hydrogens is 222 g/mol. The van der Waals surface area contributed by atoms with Crippen molar-refractivity contribution in [2.45, 2.75) is 89.4 Å². The highest BCUT2D eigenvalue weighted by molar-refractivity contribution is 5.07. The lowest BCUT2D eigenvalue weighted by molar-refractivity contribution is -0.176. The van der Waals surface area contributed by atoms with E-state index in [0.717, 1.165) is 12.3 Å². The van der Waals surface area contributed by atoms with Crippen molar-refractivity contribution >= 4 is 0 Å². The standard InChI is InChI=1S/C16H29NO/c1-12-6-5-7-13(10-12)18-15-11-14(17)16(15)8-3-2-4-9-16/h12-15H,2-11,17H2,1H3. The molecule has 3 fully saturated rings. The van der Waals surface area contributed by atoms with Crippen LogP contribution in [0.25, 0.3) is 0 Å². The van der Waals surface area contributed by atoms with Gasteiger partial charge in [-0.3, -0.25) is 0 Å². The Balaban J connectivity index is 1.59. The van der Waals surface area contributed by atoms with Gasteiger partial charge in [-0.05, 0) is 38.0 Å². The summed E-state index contributed by atoms with van der Waals surface area (Å²) in [6.07, 6.45) is 14.2. The Hall–Kier alpha value is -0.0800. The van der Waals surface area contributed by atoms with Crippen LogP contribution in [0.2, 0.25) is 0 Å². The summed E-state index contributed by atoms with van der Waals surface area (Å²) in [7, 11) is 0. The van der Waals surface area contributed by atoms with Crippen molar-refractivity contribution in [1.29, 1.82) is 0 Å². The van der Waals surface area contributed by atoms with Gasteiger partial charge < -0.3 is 10.5 Å². The van der Waals surface area contributed by atoms with Crippen LogP contribution in [-0.4, -0.2) is 18.2 Å². The summed E-state index contributed by atoms with van der Waals surface area (Å²) in [5, 5.41) is 0. The maximum atomic E-state index is 6.48. The Morgan fingerprint density at radius 3 is 2.44 bits per heavy atom. The van der Waals surface area contributed by atoms with Crippen LogP contribution in [0.1, 0.15) is 71.1 Å². The first-order valence-electron chi connectivity index (χ1n) is 8.12. The van der Waals surface area contributed by atoms with Crippen LogP contribution in [-0.2, 0) is 4.74 Å². The second kappa shape index (κ2) is 5.13. The van der Waals surface area contributed by atoms with Gasteiger partial charge in [-0.2, -0.15) is 0 Å². The van der Waals surface area contributed by atoms with Gasteiger partial charge in [0.1, 0.15) is 0 Å². The van der Waals surface area contributed by atoms with Gasteiger partial charge in [-0.1, -0.05) is 39.0 Å². The van der Waals surface area contributed by atoms with Gasteiger partial charge in [-0.25, -0.2) is 0 Å². The number of rotatable bonds is 2. The lowest BCUT2D eigenvalue weighted by Gasteiger charge is -2.57. The first-order chi connectivity index (χ1) is 8.71. The van der Waals surface area contributed by atoms with E-state index in [0.29, 0.717) is 23.7 Å². The molecule has 3 aliphatic carbocycles. The van der Waals surface area contributed by atoms with E-state index in [9.17, 15) is 0 Å². The van der Waals surface area contributed by atoms with E-state index < -0.39 is 0 Å². The summed E-state index contributed by atoms with van der Waals surface area (Å²) in [4.78, 5) is 0. The van der Waals surface area contributed by atoms with Gasteiger partial charge in [0.2, 0.25) is 0 Å². The second-order valence-electron chi connectivity index (χ2n) is 7.15. The van der Waals surface area contributed by atoms with Crippen molar-refractivity contribution in [3.63, 3.8) is 0 Å². The molecular formula is C16H29NO. The first kappa shape index (κ1) is 12.9. The molecule has 2 nitrogen and oxygen atoms in total. The molecule has 1 spiro atoms. The molecule has 18 heavy (non-hydrogen) atoms. The zero-order valence-corrected chi connectivity index (χ0v) is 11.9. The Kier molecular flexibility index (Phi) is 3.68. The summed E-state index contributed by atoms with van der Waals surface area (Å²) in [6.45, 7) is 2.37. The minimum Gasteiger partial charge on any atom is -0.374 e. The van der Waals surface area contributed by atoms with Gasteiger partial charge in [0.25, 0.3) is 0 Å². The summed E-state index contributed by atoms with van der Waals surface area (Å²) in [5.41, 5.74) is 6.70. The smallest absolute Gasteiger partial charge is 0.0664 e. The molecule has 0 saturated heterocycles. The van der Waals surface area contributed by atoms with Crippen LogP contribution in [0.4, 0.5) is 0 Å². The number of hydrogen-bond acceptors (Lipinski definition) is 2. The lowest BCUT2D eigenvalue weighted by atomic mass is 9.55. The summed E-state index contributed by atoms with van der Waals surface area (Å²) in [6, 6.07) is 0.420.